The zero-order chi connectivity index (χ0) is 11.3. The Bertz CT molecular complexity index is 395. The first-order chi connectivity index (χ1) is 7.09. The van der Waals surface area contributed by atoms with Crippen LogP contribution in [-0.4, -0.2) is 31.0 Å². The maximum Gasteiger partial charge on any atom is 0.151 e. The van der Waals surface area contributed by atoms with Crippen LogP contribution in [0.1, 0.15) is 12.6 Å². The highest BCUT2D eigenvalue weighted by Crippen LogP contribution is 2.04. The molecule has 5 heteroatoms. The van der Waals surface area contributed by atoms with Crippen LogP contribution in [0.15, 0.2) is 18.3 Å². The second kappa shape index (κ2) is 5.32. The van der Waals surface area contributed by atoms with E-state index in [0.29, 0.717) is 13.1 Å². The van der Waals surface area contributed by atoms with Crippen LogP contribution in [0.4, 0.5) is 0 Å². The van der Waals surface area contributed by atoms with E-state index in [0.717, 1.165) is 12.1 Å². The van der Waals surface area contributed by atoms with Gasteiger partial charge in [0.25, 0.3) is 0 Å². The van der Waals surface area contributed by atoms with Gasteiger partial charge < -0.3 is 10.3 Å². The number of rotatable bonds is 6. The molecule has 1 aromatic heterocycles. The summed E-state index contributed by atoms with van der Waals surface area (Å²) in [6.07, 6.45) is 2.69. The summed E-state index contributed by atoms with van der Waals surface area (Å²) < 4.78 is 24.6. The van der Waals surface area contributed by atoms with Crippen molar-refractivity contribution in [3.05, 3.63) is 24.0 Å². The molecule has 0 aliphatic carbocycles. The third-order valence-corrected chi connectivity index (χ3v) is 4.09. The van der Waals surface area contributed by atoms with E-state index >= 15 is 0 Å². The highest BCUT2D eigenvalue weighted by molar-refractivity contribution is 7.91. The standard InChI is InChI=1S/C10H18N2O2S/c1-2-15(13,14)9-8-12-7-3-4-10(12)5-6-11/h3-4,7H,2,5-6,8-9,11H2,1H3. The van der Waals surface area contributed by atoms with Crippen LogP contribution in [0.2, 0.25) is 0 Å². The lowest BCUT2D eigenvalue weighted by molar-refractivity contribution is 0.588. The lowest BCUT2D eigenvalue weighted by Gasteiger charge is -2.08. The first kappa shape index (κ1) is 12.3. The smallest absolute Gasteiger partial charge is 0.151 e. The van der Waals surface area contributed by atoms with E-state index in [1.165, 1.54) is 0 Å². The Labute approximate surface area is 91.0 Å². The SMILES string of the molecule is CCS(=O)(=O)CCn1cccc1CCN. The van der Waals surface area contributed by atoms with Gasteiger partial charge in [0.05, 0.1) is 5.75 Å². The quantitative estimate of drug-likeness (QED) is 0.770. The minimum atomic E-state index is -2.88. The zero-order valence-corrected chi connectivity index (χ0v) is 9.83. The Morgan fingerprint density at radius 1 is 1.47 bits per heavy atom. The Kier molecular flexibility index (Phi) is 4.35. The average molecular weight is 230 g/mol. The summed E-state index contributed by atoms with van der Waals surface area (Å²) in [6, 6.07) is 3.90. The predicted molar refractivity (Wildman–Crippen MR) is 61.5 cm³/mol. The molecular weight excluding hydrogens is 212 g/mol. The van der Waals surface area contributed by atoms with Crippen molar-refractivity contribution >= 4 is 9.84 Å². The molecule has 0 bridgehead atoms. The summed E-state index contributed by atoms with van der Waals surface area (Å²) >= 11 is 0. The van der Waals surface area contributed by atoms with Crippen molar-refractivity contribution in [3.8, 4) is 0 Å². The van der Waals surface area contributed by atoms with Crippen LogP contribution in [0.5, 0.6) is 0 Å². The summed E-state index contributed by atoms with van der Waals surface area (Å²) in [4.78, 5) is 0. The molecule has 0 aliphatic heterocycles. The van der Waals surface area contributed by atoms with E-state index in [4.69, 9.17) is 5.73 Å². The van der Waals surface area contributed by atoms with Gasteiger partial charge in [-0.25, -0.2) is 8.42 Å². The van der Waals surface area contributed by atoms with E-state index in [2.05, 4.69) is 0 Å². The third kappa shape index (κ3) is 3.68. The van der Waals surface area contributed by atoms with Gasteiger partial charge in [0.1, 0.15) is 0 Å². The Morgan fingerprint density at radius 3 is 2.80 bits per heavy atom. The fourth-order valence-electron chi connectivity index (χ4n) is 1.42. The van der Waals surface area contributed by atoms with Crippen molar-refractivity contribution in [2.45, 2.75) is 19.9 Å². The molecule has 0 aromatic carbocycles. The van der Waals surface area contributed by atoms with Crippen molar-refractivity contribution in [3.63, 3.8) is 0 Å². The van der Waals surface area contributed by atoms with Crippen LogP contribution < -0.4 is 5.73 Å². The van der Waals surface area contributed by atoms with Gasteiger partial charge in [-0.2, -0.15) is 0 Å². The monoisotopic (exact) mass is 230 g/mol. The van der Waals surface area contributed by atoms with Crippen molar-refractivity contribution in [1.82, 2.24) is 4.57 Å². The summed E-state index contributed by atoms with van der Waals surface area (Å²) in [5.74, 6) is 0.413. The van der Waals surface area contributed by atoms with Crippen molar-refractivity contribution in [1.29, 1.82) is 0 Å². The first-order valence-corrected chi connectivity index (χ1v) is 6.95. The average Bonchev–Trinajstić information content (AvgIpc) is 2.64. The highest BCUT2D eigenvalue weighted by atomic mass is 32.2. The minimum Gasteiger partial charge on any atom is -0.350 e. The van der Waals surface area contributed by atoms with Crippen LogP contribution in [-0.2, 0) is 22.8 Å². The van der Waals surface area contributed by atoms with Gasteiger partial charge in [-0.15, -0.1) is 0 Å². The molecule has 1 aromatic rings. The largest absolute Gasteiger partial charge is 0.350 e. The normalized spacial score (nSPS) is 11.9. The van der Waals surface area contributed by atoms with Crippen molar-refractivity contribution < 1.29 is 8.42 Å². The molecule has 0 aliphatic rings. The Balaban J connectivity index is 2.61. The Morgan fingerprint density at radius 2 is 2.20 bits per heavy atom. The molecule has 0 spiro atoms. The molecule has 0 saturated heterocycles. The highest BCUT2D eigenvalue weighted by Gasteiger charge is 2.08. The molecule has 0 fully saturated rings. The maximum atomic E-state index is 11.3. The maximum absolute atomic E-state index is 11.3. The summed E-state index contributed by atoms with van der Waals surface area (Å²) in [6.45, 7) is 2.79. The Hall–Kier alpha value is -0.810. The lowest BCUT2D eigenvalue weighted by Crippen LogP contribution is -2.16. The summed E-state index contributed by atoms with van der Waals surface area (Å²) in [5, 5.41) is 0. The second-order valence-corrected chi connectivity index (χ2v) is 5.94. The molecule has 15 heavy (non-hydrogen) atoms. The molecule has 0 saturated carbocycles. The van der Waals surface area contributed by atoms with Gasteiger partial charge in [-0.05, 0) is 25.1 Å². The van der Waals surface area contributed by atoms with Gasteiger partial charge in [-0.1, -0.05) is 6.92 Å². The topological polar surface area (TPSA) is 65.1 Å². The lowest BCUT2D eigenvalue weighted by atomic mass is 10.3. The molecule has 0 unspecified atom stereocenters. The van der Waals surface area contributed by atoms with Gasteiger partial charge in [0, 0.05) is 24.2 Å². The molecule has 86 valence electrons. The fourth-order valence-corrected chi connectivity index (χ4v) is 2.19. The second-order valence-electron chi connectivity index (χ2n) is 3.47. The molecule has 2 N–H and O–H groups in total. The third-order valence-electron chi connectivity index (χ3n) is 2.41. The number of aromatic nitrogens is 1. The predicted octanol–water partition coefficient (Wildman–Crippen LogP) is 0.424. The van der Waals surface area contributed by atoms with Gasteiger partial charge in [-0.3, -0.25) is 0 Å². The first-order valence-electron chi connectivity index (χ1n) is 5.13. The molecule has 1 rings (SSSR count). The van der Waals surface area contributed by atoms with Crippen LogP contribution in [0, 0.1) is 0 Å². The zero-order valence-electron chi connectivity index (χ0n) is 9.02. The molecule has 0 atom stereocenters. The van der Waals surface area contributed by atoms with E-state index in [-0.39, 0.29) is 11.5 Å². The fraction of sp³-hybridized carbons (Fsp3) is 0.600. The van der Waals surface area contributed by atoms with Gasteiger partial charge in [0.2, 0.25) is 0 Å². The summed E-state index contributed by atoms with van der Waals surface area (Å²) in [5.41, 5.74) is 6.57. The van der Waals surface area contributed by atoms with Crippen molar-refractivity contribution in [2.75, 3.05) is 18.1 Å². The van der Waals surface area contributed by atoms with Crippen molar-refractivity contribution in [2.24, 2.45) is 5.73 Å². The van der Waals surface area contributed by atoms with E-state index in [9.17, 15) is 8.42 Å². The van der Waals surface area contributed by atoms with Crippen LogP contribution in [0.25, 0.3) is 0 Å². The number of nitrogens with two attached hydrogens (primary N) is 1. The van der Waals surface area contributed by atoms with Crippen LogP contribution in [0.3, 0.4) is 0 Å². The summed E-state index contributed by atoms with van der Waals surface area (Å²) in [7, 11) is -2.88. The van der Waals surface area contributed by atoms with Crippen LogP contribution >= 0.6 is 0 Å². The van der Waals surface area contributed by atoms with Gasteiger partial charge in [0.15, 0.2) is 9.84 Å². The van der Waals surface area contributed by atoms with Gasteiger partial charge >= 0.3 is 0 Å². The molecule has 0 radical (unpaired) electrons. The van der Waals surface area contributed by atoms with E-state index in [1.54, 1.807) is 6.92 Å². The number of nitrogens with zero attached hydrogens (tertiary/aromatic N) is 1. The molecular formula is C10H18N2O2S. The molecule has 1 heterocycles. The number of hydrogen-bond donors (Lipinski definition) is 1. The van der Waals surface area contributed by atoms with E-state index < -0.39 is 9.84 Å². The minimum absolute atomic E-state index is 0.204. The number of aryl methyl sites for hydroxylation is 1. The number of hydrogen-bond acceptors (Lipinski definition) is 3. The van der Waals surface area contributed by atoms with E-state index in [1.807, 2.05) is 22.9 Å². The molecule has 0 amide bonds. The molecule has 4 nitrogen and oxygen atoms in total. The number of sulfone groups is 1.